The average molecular weight is 335 g/mol. The first-order chi connectivity index (χ1) is 11.4. The first-order valence-electron chi connectivity index (χ1n) is 6.75. The number of nitrogens with zero attached hydrogens (tertiary/aromatic N) is 1. The summed E-state index contributed by atoms with van der Waals surface area (Å²) >= 11 is 0. The van der Waals surface area contributed by atoms with Gasteiger partial charge in [0.05, 0.1) is 24.1 Å². The number of hydrogen-bond donors (Lipinski definition) is 2. The third-order valence-electron chi connectivity index (χ3n) is 2.95. The van der Waals surface area contributed by atoms with E-state index in [-0.39, 0.29) is 12.1 Å². The second-order valence-corrected chi connectivity index (χ2v) is 4.63. The lowest BCUT2D eigenvalue weighted by atomic mass is 10.1. The quantitative estimate of drug-likeness (QED) is 0.648. The van der Waals surface area contributed by atoms with E-state index in [0.29, 0.717) is 5.76 Å². The highest BCUT2D eigenvalue weighted by Crippen LogP contribution is 2.34. The molecule has 0 saturated heterocycles. The molecule has 0 spiro atoms. The fourth-order valence-electron chi connectivity index (χ4n) is 1.84. The number of rotatable bonds is 5. The molecule has 0 unspecified atom stereocenters. The summed E-state index contributed by atoms with van der Waals surface area (Å²) in [5.74, 6) is -0.368. The highest BCUT2D eigenvalue weighted by atomic mass is 19.4. The SMILES string of the molecule is N#C/C(=C/NCc1ccco1)C(=O)Nc1ccccc1C(F)(F)F. The minimum absolute atomic E-state index is 0.227. The molecule has 1 aromatic carbocycles. The zero-order valence-electron chi connectivity index (χ0n) is 12.2. The summed E-state index contributed by atoms with van der Waals surface area (Å²) in [5.41, 5.74) is -1.76. The molecule has 1 heterocycles. The van der Waals surface area contributed by atoms with Crippen molar-refractivity contribution in [2.75, 3.05) is 5.32 Å². The van der Waals surface area contributed by atoms with Gasteiger partial charge >= 0.3 is 6.18 Å². The van der Waals surface area contributed by atoms with Crippen LogP contribution >= 0.6 is 0 Å². The van der Waals surface area contributed by atoms with Crippen molar-refractivity contribution in [1.29, 1.82) is 5.26 Å². The van der Waals surface area contributed by atoms with Crippen LogP contribution < -0.4 is 10.6 Å². The molecule has 2 N–H and O–H groups in total. The summed E-state index contributed by atoms with van der Waals surface area (Å²) in [5, 5.41) is 13.8. The summed E-state index contributed by atoms with van der Waals surface area (Å²) in [6.45, 7) is 0.227. The topological polar surface area (TPSA) is 78.1 Å². The van der Waals surface area contributed by atoms with E-state index in [1.807, 2.05) is 0 Å². The Morgan fingerprint density at radius 3 is 2.62 bits per heavy atom. The number of halogens is 3. The monoisotopic (exact) mass is 335 g/mol. The first-order valence-corrected chi connectivity index (χ1v) is 6.75. The number of carbonyl (C=O) groups excluding carboxylic acids is 1. The molecular weight excluding hydrogens is 323 g/mol. The Bertz CT molecular complexity index is 775. The number of alkyl halides is 3. The number of furan rings is 1. The highest BCUT2D eigenvalue weighted by Gasteiger charge is 2.33. The largest absolute Gasteiger partial charge is 0.467 e. The van der Waals surface area contributed by atoms with E-state index in [0.717, 1.165) is 18.3 Å². The van der Waals surface area contributed by atoms with Crippen LogP contribution in [0, 0.1) is 11.3 Å². The second-order valence-electron chi connectivity index (χ2n) is 4.63. The predicted octanol–water partition coefficient (Wildman–Crippen LogP) is 3.43. The maximum absolute atomic E-state index is 12.9. The smallest absolute Gasteiger partial charge is 0.418 e. The number of amides is 1. The summed E-state index contributed by atoms with van der Waals surface area (Å²) in [7, 11) is 0. The van der Waals surface area contributed by atoms with E-state index in [9.17, 15) is 18.0 Å². The molecule has 5 nitrogen and oxygen atoms in total. The number of nitrogens with one attached hydrogen (secondary N) is 2. The zero-order chi connectivity index (χ0) is 17.6. The van der Waals surface area contributed by atoms with Crippen LogP contribution in [-0.4, -0.2) is 5.91 Å². The highest BCUT2D eigenvalue weighted by molar-refractivity contribution is 6.06. The lowest BCUT2D eigenvalue weighted by Gasteiger charge is -2.13. The van der Waals surface area contributed by atoms with Crippen LogP contribution in [0.3, 0.4) is 0 Å². The molecule has 2 rings (SSSR count). The predicted molar refractivity (Wildman–Crippen MR) is 79.3 cm³/mol. The molecular formula is C16H12F3N3O2. The minimum atomic E-state index is -4.61. The maximum Gasteiger partial charge on any atom is 0.418 e. The Labute approximate surface area is 135 Å². The molecule has 0 aliphatic carbocycles. The van der Waals surface area contributed by atoms with Gasteiger partial charge in [-0.05, 0) is 24.3 Å². The molecule has 24 heavy (non-hydrogen) atoms. The van der Waals surface area contributed by atoms with Gasteiger partial charge in [-0.2, -0.15) is 18.4 Å². The molecule has 0 saturated carbocycles. The number of para-hydroxylation sites is 1. The Kier molecular flexibility index (Phi) is 5.27. The fraction of sp³-hybridized carbons (Fsp3) is 0.125. The lowest BCUT2D eigenvalue weighted by molar-refractivity contribution is -0.137. The minimum Gasteiger partial charge on any atom is -0.467 e. The van der Waals surface area contributed by atoms with Gasteiger partial charge in [0.25, 0.3) is 5.91 Å². The number of nitriles is 1. The molecule has 0 atom stereocenters. The molecule has 0 aliphatic heterocycles. The van der Waals surface area contributed by atoms with Crippen LogP contribution in [0.5, 0.6) is 0 Å². The summed E-state index contributed by atoms with van der Waals surface area (Å²) < 4.78 is 43.7. The van der Waals surface area contributed by atoms with Crippen molar-refractivity contribution in [1.82, 2.24) is 5.32 Å². The molecule has 124 valence electrons. The first kappa shape index (κ1) is 17.1. The van der Waals surface area contributed by atoms with Crippen molar-refractivity contribution in [3.63, 3.8) is 0 Å². The van der Waals surface area contributed by atoms with Gasteiger partial charge in [0.1, 0.15) is 17.4 Å². The van der Waals surface area contributed by atoms with Crippen molar-refractivity contribution in [2.24, 2.45) is 0 Å². The molecule has 1 amide bonds. The van der Waals surface area contributed by atoms with E-state index in [2.05, 4.69) is 10.6 Å². The van der Waals surface area contributed by atoms with Crippen LogP contribution in [0.4, 0.5) is 18.9 Å². The molecule has 0 fully saturated rings. The Hall–Kier alpha value is -3.21. The van der Waals surface area contributed by atoms with Crippen molar-refractivity contribution >= 4 is 11.6 Å². The van der Waals surface area contributed by atoms with Gasteiger partial charge in [-0.3, -0.25) is 4.79 Å². The second kappa shape index (κ2) is 7.37. The Morgan fingerprint density at radius 1 is 1.25 bits per heavy atom. The van der Waals surface area contributed by atoms with E-state index >= 15 is 0 Å². The van der Waals surface area contributed by atoms with Crippen LogP contribution in [-0.2, 0) is 17.5 Å². The van der Waals surface area contributed by atoms with Gasteiger partial charge < -0.3 is 15.1 Å². The van der Waals surface area contributed by atoms with Gasteiger partial charge in [0, 0.05) is 6.20 Å². The number of anilines is 1. The molecule has 0 aliphatic rings. The fourth-order valence-corrected chi connectivity index (χ4v) is 1.84. The molecule has 1 aromatic heterocycles. The maximum atomic E-state index is 12.9. The van der Waals surface area contributed by atoms with Gasteiger partial charge in [0.2, 0.25) is 0 Å². The lowest BCUT2D eigenvalue weighted by Crippen LogP contribution is -2.19. The van der Waals surface area contributed by atoms with E-state index in [1.165, 1.54) is 18.4 Å². The Morgan fingerprint density at radius 2 is 2.00 bits per heavy atom. The summed E-state index contributed by atoms with van der Waals surface area (Å²) in [4.78, 5) is 12.0. The average Bonchev–Trinajstić information content (AvgIpc) is 3.04. The van der Waals surface area contributed by atoms with Crippen LogP contribution in [0.2, 0.25) is 0 Å². The number of carbonyl (C=O) groups is 1. The zero-order valence-corrected chi connectivity index (χ0v) is 12.2. The standard InChI is InChI=1S/C16H12F3N3O2/c17-16(18,19)13-5-1-2-6-14(13)22-15(23)11(8-20)9-21-10-12-4-3-7-24-12/h1-7,9,21H,10H2,(H,22,23)/b11-9-. The van der Waals surface area contributed by atoms with Crippen LogP contribution in [0.1, 0.15) is 11.3 Å². The van der Waals surface area contributed by atoms with Gasteiger partial charge in [0.15, 0.2) is 0 Å². The third-order valence-corrected chi connectivity index (χ3v) is 2.95. The third kappa shape index (κ3) is 4.39. The van der Waals surface area contributed by atoms with Gasteiger partial charge in [-0.25, -0.2) is 0 Å². The van der Waals surface area contributed by atoms with E-state index in [4.69, 9.17) is 9.68 Å². The summed E-state index contributed by atoms with van der Waals surface area (Å²) in [6, 6.07) is 9.53. The Balaban J connectivity index is 2.09. The molecule has 0 bridgehead atoms. The van der Waals surface area contributed by atoms with Gasteiger partial charge in [-0.15, -0.1) is 0 Å². The molecule has 2 aromatic rings. The van der Waals surface area contributed by atoms with E-state index in [1.54, 1.807) is 18.2 Å². The summed E-state index contributed by atoms with van der Waals surface area (Å²) in [6.07, 6.45) is -2.03. The molecule has 8 heteroatoms. The normalized spacial score (nSPS) is 11.7. The van der Waals surface area contributed by atoms with E-state index < -0.39 is 23.3 Å². The number of benzene rings is 1. The van der Waals surface area contributed by atoms with Crippen molar-refractivity contribution in [2.45, 2.75) is 12.7 Å². The van der Waals surface area contributed by atoms with Gasteiger partial charge in [-0.1, -0.05) is 12.1 Å². The van der Waals surface area contributed by atoms with Crippen molar-refractivity contribution in [3.8, 4) is 6.07 Å². The molecule has 0 radical (unpaired) electrons. The van der Waals surface area contributed by atoms with Crippen LogP contribution in [0.15, 0.2) is 58.9 Å². The van der Waals surface area contributed by atoms with Crippen molar-refractivity contribution < 1.29 is 22.4 Å². The number of hydrogen-bond acceptors (Lipinski definition) is 4. The van der Waals surface area contributed by atoms with Crippen molar-refractivity contribution in [3.05, 3.63) is 65.8 Å². The van der Waals surface area contributed by atoms with Crippen LogP contribution in [0.25, 0.3) is 0 Å².